The Balaban J connectivity index is 0.00000103. The molecule has 34 heavy (non-hydrogen) atoms. The van der Waals surface area contributed by atoms with Crippen LogP contribution in [-0.2, 0) is 20.8 Å². The first-order chi connectivity index (χ1) is 15.9. The fraction of sp³-hybridized carbons (Fsp3) is 0.458. The first-order valence-corrected chi connectivity index (χ1v) is 11.0. The molecule has 0 aliphatic heterocycles. The molecule has 1 aromatic carbocycles. The van der Waals surface area contributed by atoms with Crippen LogP contribution in [0, 0.1) is 11.8 Å². The molecule has 0 radical (unpaired) electrons. The van der Waals surface area contributed by atoms with E-state index in [1.54, 1.807) is 6.07 Å². The van der Waals surface area contributed by atoms with Gasteiger partial charge in [0.15, 0.2) is 11.4 Å². The van der Waals surface area contributed by atoms with Crippen molar-refractivity contribution in [1.29, 1.82) is 0 Å². The molecule has 1 saturated carbocycles. The van der Waals surface area contributed by atoms with Crippen LogP contribution in [0.2, 0.25) is 0 Å². The molecule has 1 fully saturated rings. The van der Waals surface area contributed by atoms with Gasteiger partial charge in [-0.25, -0.2) is 0 Å². The van der Waals surface area contributed by atoms with Crippen LogP contribution in [0.15, 0.2) is 29.0 Å². The number of hydrogen-bond acceptors (Lipinski definition) is 9. The number of nitrogens with one attached hydrogen (secondary N) is 2. The van der Waals surface area contributed by atoms with Crippen LogP contribution in [0.5, 0.6) is 5.75 Å². The summed E-state index contributed by atoms with van der Waals surface area (Å²) in [5.41, 5.74) is -1.74. The monoisotopic (exact) mass is 473 g/mol. The Kier molecular flexibility index (Phi) is 6.77. The van der Waals surface area contributed by atoms with Gasteiger partial charge in [-0.3, -0.25) is 14.4 Å². The molecule has 1 unspecified atom stereocenters. The summed E-state index contributed by atoms with van der Waals surface area (Å²) in [5.74, 6) is -5.64. The lowest BCUT2D eigenvalue weighted by atomic mass is 9.59. The zero-order valence-electron chi connectivity index (χ0n) is 19.9. The Hall–Kier alpha value is -3.37. The summed E-state index contributed by atoms with van der Waals surface area (Å²) in [4.78, 5) is 39.9. The van der Waals surface area contributed by atoms with E-state index < -0.39 is 52.0 Å². The Morgan fingerprint density at radius 3 is 2.26 bits per heavy atom. The molecule has 0 heterocycles. The van der Waals surface area contributed by atoms with E-state index in [4.69, 9.17) is 0 Å². The summed E-state index contributed by atoms with van der Waals surface area (Å²) in [6.45, 7) is 0. The van der Waals surface area contributed by atoms with Crippen molar-refractivity contribution in [3.63, 3.8) is 0 Å². The van der Waals surface area contributed by atoms with Crippen molar-refractivity contribution in [2.75, 3.05) is 40.1 Å². The van der Waals surface area contributed by atoms with Gasteiger partial charge in [-0.1, -0.05) is 0 Å². The molecular weight excluding hydrogens is 442 g/mol. The minimum Gasteiger partial charge on any atom is -0.508 e. The molecule has 4 rings (SSSR count). The number of phenols is 1. The number of hydrogen-bond donors (Lipinski definition) is 6. The normalized spacial score (nSPS) is 25.6. The largest absolute Gasteiger partial charge is 0.508 e. The number of rotatable bonds is 2. The maximum absolute atomic E-state index is 13.4. The summed E-state index contributed by atoms with van der Waals surface area (Å²) in [5, 5.41) is 48.3. The second-order valence-corrected chi connectivity index (χ2v) is 8.97. The summed E-state index contributed by atoms with van der Waals surface area (Å²) in [6.07, 6.45) is 0.156. The van der Waals surface area contributed by atoms with E-state index >= 15 is 0 Å². The molecule has 184 valence electrons. The Morgan fingerprint density at radius 2 is 1.71 bits per heavy atom. The van der Waals surface area contributed by atoms with Gasteiger partial charge in [0, 0.05) is 44.7 Å². The second kappa shape index (κ2) is 9.11. The fourth-order valence-electron chi connectivity index (χ4n) is 5.13. The number of aromatic hydroxyl groups is 1. The first-order valence-electron chi connectivity index (χ1n) is 11.0. The molecule has 0 bridgehead atoms. The van der Waals surface area contributed by atoms with E-state index in [0.29, 0.717) is 12.0 Å². The van der Waals surface area contributed by atoms with Crippen molar-refractivity contribution in [2.24, 2.45) is 11.8 Å². The van der Waals surface area contributed by atoms with Crippen LogP contribution < -0.4 is 15.5 Å². The van der Waals surface area contributed by atoms with Crippen molar-refractivity contribution < 1.29 is 34.8 Å². The third kappa shape index (κ3) is 3.63. The molecule has 1 aromatic rings. The highest BCUT2D eigenvalue weighted by molar-refractivity contribution is 6.23. The van der Waals surface area contributed by atoms with Crippen molar-refractivity contribution >= 4 is 28.9 Å². The number of benzene rings is 1. The highest BCUT2D eigenvalue weighted by Crippen LogP contribution is 2.52. The van der Waals surface area contributed by atoms with E-state index in [1.165, 1.54) is 13.1 Å². The van der Waals surface area contributed by atoms with E-state index in [-0.39, 0.29) is 29.7 Å². The molecule has 3 aliphatic rings. The zero-order chi connectivity index (χ0) is 25.5. The number of nitrogens with zero attached hydrogens (tertiary/aromatic N) is 1. The molecule has 1 amide bonds. The number of carbonyl (C=O) groups is 3. The number of ketones is 2. The van der Waals surface area contributed by atoms with Gasteiger partial charge in [0.1, 0.15) is 22.8 Å². The predicted molar refractivity (Wildman–Crippen MR) is 126 cm³/mol. The van der Waals surface area contributed by atoms with Gasteiger partial charge >= 0.3 is 0 Å². The van der Waals surface area contributed by atoms with Crippen molar-refractivity contribution in [3.8, 4) is 5.75 Å². The Morgan fingerprint density at radius 1 is 1.09 bits per heavy atom. The summed E-state index contributed by atoms with van der Waals surface area (Å²) in [6, 6.07) is 3.12. The standard InChI is InChI=1S/C22H24N2O7.C2H7N/c1-23-21(30)17-14(26)8-10-6-9-7-11-12(24(2)3)4-5-13(25)16(11)18(27)15(9)19(28)22(10,31)20(17)29;1-3-2/h4-5,9-10,25,27,29,31H,6-8H2,1-3H3,(H,23,30);3H,1-2H3/t9?,10-,22-;/m0./s1. The molecule has 0 aromatic heterocycles. The topological polar surface area (TPSA) is 159 Å². The predicted octanol–water partition coefficient (Wildman–Crippen LogP) is 0.586. The smallest absolute Gasteiger partial charge is 0.258 e. The minimum absolute atomic E-state index is 0.106. The molecule has 3 aliphatic carbocycles. The number of anilines is 1. The number of carbonyl (C=O) groups excluding carboxylic acids is 3. The number of fused-ring (bicyclic) bond motifs is 3. The van der Waals surface area contributed by atoms with Crippen LogP contribution in [0.4, 0.5) is 5.69 Å². The lowest BCUT2D eigenvalue weighted by Crippen LogP contribution is -2.58. The number of likely N-dealkylation sites (N-methyl/N-ethyl adjacent to an activating group) is 1. The number of amides is 1. The van der Waals surface area contributed by atoms with Crippen LogP contribution in [0.25, 0.3) is 5.76 Å². The van der Waals surface area contributed by atoms with Gasteiger partial charge in [-0.2, -0.15) is 0 Å². The highest BCUT2D eigenvalue weighted by atomic mass is 16.3. The van der Waals surface area contributed by atoms with Gasteiger partial charge in [-0.05, 0) is 50.6 Å². The first kappa shape index (κ1) is 25.3. The molecule has 0 spiro atoms. The van der Waals surface area contributed by atoms with E-state index in [2.05, 4.69) is 10.6 Å². The average molecular weight is 474 g/mol. The number of Topliss-reactive ketones (excluding diaryl/α,β-unsaturated/α-hetero) is 2. The van der Waals surface area contributed by atoms with Crippen LogP contribution in [0.3, 0.4) is 0 Å². The molecule has 6 N–H and O–H groups in total. The van der Waals surface area contributed by atoms with Crippen LogP contribution in [0.1, 0.15) is 24.0 Å². The molecule has 0 saturated heterocycles. The minimum atomic E-state index is -2.50. The van der Waals surface area contributed by atoms with Crippen molar-refractivity contribution in [1.82, 2.24) is 10.6 Å². The van der Waals surface area contributed by atoms with E-state index in [9.17, 15) is 34.8 Å². The number of aliphatic hydroxyl groups is 3. The Bertz CT molecular complexity index is 1120. The quantitative estimate of drug-likeness (QED) is 0.338. The number of phenolic OH excluding ortho intramolecular Hbond substituents is 1. The average Bonchev–Trinajstić information content (AvgIpc) is 2.76. The van der Waals surface area contributed by atoms with E-state index in [1.807, 2.05) is 33.1 Å². The molecule has 10 nitrogen and oxygen atoms in total. The summed E-state index contributed by atoms with van der Waals surface area (Å²) < 4.78 is 0. The maximum atomic E-state index is 13.4. The third-order valence-corrected chi connectivity index (χ3v) is 6.61. The molecule has 3 atom stereocenters. The Labute approximate surface area is 197 Å². The van der Waals surface area contributed by atoms with Gasteiger partial charge in [0.05, 0.1) is 5.56 Å². The van der Waals surface area contributed by atoms with Gasteiger partial charge in [0.2, 0.25) is 5.78 Å². The lowest BCUT2D eigenvalue weighted by Gasteiger charge is -2.46. The van der Waals surface area contributed by atoms with Crippen LogP contribution >= 0.6 is 0 Å². The maximum Gasteiger partial charge on any atom is 0.258 e. The fourth-order valence-corrected chi connectivity index (χ4v) is 5.13. The van der Waals surface area contributed by atoms with Crippen molar-refractivity contribution in [3.05, 3.63) is 40.2 Å². The number of aliphatic hydroxyl groups excluding tert-OH is 2. The van der Waals surface area contributed by atoms with Gasteiger partial charge < -0.3 is 36.0 Å². The second-order valence-electron chi connectivity index (χ2n) is 8.97. The summed E-state index contributed by atoms with van der Waals surface area (Å²) >= 11 is 0. The molecular formula is C24H31N3O7. The van der Waals surface area contributed by atoms with Crippen LogP contribution in [-0.4, -0.2) is 78.7 Å². The SMILES string of the molecule is CNC.CNC(=O)C1=C(O)[C@@]2(O)C(=O)C3=C(O)c4c(O)ccc(N(C)C)c4CC3C[C@H]2CC1=O. The van der Waals surface area contributed by atoms with Gasteiger partial charge in [0.25, 0.3) is 5.91 Å². The summed E-state index contributed by atoms with van der Waals surface area (Å²) in [7, 11) is 8.65. The zero-order valence-corrected chi connectivity index (χ0v) is 19.9. The van der Waals surface area contributed by atoms with Crippen molar-refractivity contribution in [2.45, 2.75) is 24.9 Å². The third-order valence-electron chi connectivity index (χ3n) is 6.61. The highest BCUT2D eigenvalue weighted by Gasteiger charge is 2.60. The molecule has 10 heteroatoms. The van der Waals surface area contributed by atoms with Gasteiger partial charge in [-0.15, -0.1) is 0 Å². The lowest BCUT2D eigenvalue weighted by molar-refractivity contribution is -0.147. The van der Waals surface area contributed by atoms with E-state index in [0.717, 1.165) is 5.69 Å².